The molecule has 0 radical (unpaired) electrons. The maximum atomic E-state index is 13.0. The Balaban J connectivity index is 1.19. The highest BCUT2D eigenvalue weighted by Crippen LogP contribution is 2.20. The van der Waals surface area contributed by atoms with Crippen molar-refractivity contribution in [1.82, 2.24) is 10.6 Å². The van der Waals surface area contributed by atoms with Gasteiger partial charge in [0.05, 0.1) is 34.7 Å². The van der Waals surface area contributed by atoms with E-state index in [1.165, 1.54) is 24.3 Å². The molecule has 0 saturated carbocycles. The Labute approximate surface area is 244 Å². The van der Waals surface area contributed by atoms with Gasteiger partial charge in [-0.25, -0.2) is 0 Å². The van der Waals surface area contributed by atoms with Crippen molar-refractivity contribution in [3.05, 3.63) is 95.1 Å². The van der Waals surface area contributed by atoms with E-state index >= 15 is 0 Å². The number of hydrogen-bond donors (Lipinski definition) is 4. The molecule has 2 saturated heterocycles. The molecule has 0 aromatic heterocycles. The van der Waals surface area contributed by atoms with Gasteiger partial charge in [-0.1, -0.05) is 24.3 Å². The Kier molecular flexibility index (Phi) is 9.58. The molecule has 0 aliphatic carbocycles. The van der Waals surface area contributed by atoms with Crippen molar-refractivity contribution >= 4 is 35.0 Å². The smallest absolute Gasteiger partial charge is 0.255 e. The van der Waals surface area contributed by atoms with Gasteiger partial charge in [-0.2, -0.15) is 0 Å². The fourth-order valence-corrected chi connectivity index (χ4v) is 4.96. The molecule has 2 atom stereocenters. The third-order valence-electron chi connectivity index (χ3n) is 7.28. The van der Waals surface area contributed by atoms with Gasteiger partial charge in [-0.15, -0.1) is 0 Å². The molecule has 4 amide bonds. The lowest BCUT2D eigenvalue weighted by molar-refractivity contribution is 0.0854. The summed E-state index contributed by atoms with van der Waals surface area (Å²) in [6.45, 7) is 2.23. The van der Waals surface area contributed by atoms with Crippen molar-refractivity contribution in [3.8, 4) is 0 Å². The van der Waals surface area contributed by atoms with E-state index in [0.29, 0.717) is 59.9 Å². The third-order valence-corrected chi connectivity index (χ3v) is 7.28. The first-order chi connectivity index (χ1) is 20.5. The highest BCUT2D eigenvalue weighted by Gasteiger charge is 2.20. The normalized spacial score (nSPS) is 17.8. The second kappa shape index (κ2) is 13.9. The van der Waals surface area contributed by atoms with Crippen LogP contribution >= 0.6 is 0 Å². The topological polar surface area (TPSA) is 135 Å². The molecule has 10 nitrogen and oxygen atoms in total. The quantitative estimate of drug-likeness (QED) is 0.291. The number of anilines is 2. The fourth-order valence-electron chi connectivity index (χ4n) is 4.96. The number of rotatable bonds is 10. The Morgan fingerprint density at radius 2 is 0.976 bits per heavy atom. The van der Waals surface area contributed by atoms with E-state index < -0.39 is 11.8 Å². The first-order valence-corrected chi connectivity index (χ1v) is 14.2. The summed E-state index contributed by atoms with van der Waals surface area (Å²) in [5, 5.41) is 11.3. The largest absolute Gasteiger partial charge is 0.376 e. The van der Waals surface area contributed by atoms with E-state index in [2.05, 4.69) is 21.3 Å². The maximum absolute atomic E-state index is 13.0. The van der Waals surface area contributed by atoms with Gasteiger partial charge in [-0.3, -0.25) is 19.2 Å². The van der Waals surface area contributed by atoms with Crippen LogP contribution in [-0.4, -0.2) is 62.1 Å². The minimum Gasteiger partial charge on any atom is -0.376 e. The summed E-state index contributed by atoms with van der Waals surface area (Å²) in [7, 11) is 0. The summed E-state index contributed by atoms with van der Waals surface area (Å²) in [5.74, 6) is -1.44. The first-order valence-electron chi connectivity index (χ1n) is 14.2. The highest BCUT2D eigenvalue weighted by atomic mass is 16.5. The summed E-state index contributed by atoms with van der Waals surface area (Å²) in [6, 6.07) is 19.7. The minimum absolute atomic E-state index is 0.00809. The molecule has 0 spiro atoms. The molecular formula is C32H34N4O6. The molecule has 0 bridgehead atoms. The summed E-state index contributed by atoms with van der Waals surface area (Å²) >= 11 is 0. The zero-order valence-corrected chi connectivity index (χ0v) is 23.2. The van der Waals surface area contributed by atoms with Crippen molar-refractivity contribution < 1.29 is 28.7 Å². The number of para-hydroxylation sites is 2. The highest BCUT2D eigenvalue weighted by molar-refractivity contribution is 6.11. The van der Waals surface area contributed by atoms with Gasteiger partial charge in [0.2, 0.25) is 0 Å². The molecule has 2 aliphatic heterocycles. The van der Waals surface area contributed by atoms with Gasteiger partial charge in [-0.05, 0) is 74.2 Å². The SMILES string of the molecule is O=C(Nc1ccccc1C(=O)NCC1CCCO1)c1ccc(C(=O)Nc2ccccc2C(=O)NCC2CCCO2)cc1. The van der Waals surface area contributed by atoms with Crippen LogP contribution in [0.5, 0.6) is 0 Å². The van der Waals surface area contributed by atoms with E-state index in [1.807, 2.05) is 0 Å². The van der Waals surface area contributed by atoms with Gasteiger partial charge in [0.1, 0.15) is 0 Å². The number of benzene rings is 3. The molecule has 42 heavy (non-hydrogen) atoms. The van der Waals surface area contributed by atoms with Crippen LogP contribution in [0.25, 0.3) is 0 Å². The Morgan fingerprint density at radius 1 is 0.571 bits per heavy atom. The number of amides is 4. The van der Waals surface area contributed by atoms with E-state index in [0.717, 1.165) is 25.7 Å². The Hall–Kier alpha value is -4.54. The van der Waals surface area contributed by atoms with Crippen molar-refractivity contribution in [3.63, 3.8) is 0 Å². The van der Waals surface area contributed by atoms with Crippen LogP contribution in [0.15, 0.2) is 72.8 Å². The molecule has 2 heterocycles. The van der Waals surface area contributed by atoms with Crippen molar-refractivity contribution in [2.24, 2.45) is 0 Å². The van der Waals surface area contributed by atoms with Gasteiger partial charge >= 0.3 is 0 Å². The second-order valence-electron chi connectivity index (χ2n) is 10.3. The molecule has 10 heteroatoms. The molecule has 3 aromatic carbocycles. The molecule has 5 rings (SSSR count). The zero-order valence-electron chi connectivity index (χ0n) is 23.2. The van der Waals surface area contributed by atoms with Gasteiger partial charge in [0.15, 0.2) is 0 Å². The van der Waals surface area contributed by atoms with Gasteiger partial charge in [0, 0.05) is 37.4 Å². The summed E-state index contributed by atoms with van der Waals surface area (Å²) in [6.07, 6.45) is 3.79. The third kappa shape index (κ3) is 7.39. The number of ether oxygens (including phenoxy) is 2. The van der Waals surface area contributed by atoms with Crippen LogP contribution < -0.4 is 21.3 Å². The van der Waals surface area contributed by atoms with E-state index in [1.54, 1.807) is 48.5 Å². The predicted octanol–water partition coefficient (Wildman–Crippen LogP) is 4.01. The molecular weight excluding hydrogens is 536 g/mol. The number of carbonyl (C=O) groups is 4. The zero-order chi connectivity index (χ0) is 29.3. The van der Waals surface area contributed by atoms with Crippen LogP contribution in [-0.2, 0) is 9.47 Å². The minimum atomic E-state index is -0.422. The van der Waals surface area contributed by atoms with E-state index in [-0.39, 0.29) is 24.0 Å². The molecule has 3 aromatic rings. The van der Waals surface area contributed by atoms with Crippen molar-refractivity contribution in [2.45, 2.75) is 37.9 Å². The molecule has 4 N–H and O–H groups in total. The van der Waals surface area contributed by atoms with E-state index in [4.69, 9.17) is 9.47 Å². The molecule has 2 unspecified atom stereocenters. The predicted molar refractivity (Wildman–Crippen MR) is 158 cm³/mol. The average Bonchev–Trinajstić information content (AvgIpc) is 3.74. The summed E-state index contributed by atoms with van der Waals surface area (Å²) in [4.78, 5) is 51.5. The molecule has 2 aliphatic rings. The van der Waals surface area contributed by atoms with Gasteiger partial charge in [0.25, 0.3) is 23.6 Å². The number of nitrogens with one attached hydrogen (secondary N) is 4. The van der Waals surface area contributed by atoms with Crippen LogP contribution in [0, 0.1) is 0 Å². The van der Waals surface area contributed by atoms with E-state index in [9.17, 15) is 19.2 Å². The molecule has 218 valence electrons. The average molecular weight is 571 g/mol. The van der Waals surface area contributed by atoms with Crippen molar-refractivity contribution in [2.75, 3.05) is 36.9 Å². The van der Waals surface area contributed by atoms with Crippen LogP contribution in [0.3, 0.4) is 0 Å². The van der Waals surface area contributed by atoms with Gasteiger partial charge < -0.3 is 30.7 Å². The Bertz CT molecular complexity index is 1320. The maximum Gasteiger partial charge on any atom is 0.255 e. The number of carbonyl (C=O) groups excluding carboxylic acids is 4. The van der Waals surface area contributed by atoms with Crippen LogP contribution in [0.2, 0.25) is 0 Å². The number of hydrogen-bond acceptors (Lipinski definition) is 6. The Morgan fingerprint density at radius 3 is 1.36 bits per heavy atom. The monoisotopic (exact) mass is 570 g/mol. The summed E-state index contributed by atoms with van der Waals surface area (Å²) in [5.41, 5.74) is 2.08. The van der Waals surface area contributed by atoms with Crippen LogP contribution in [0.4, 0.5) is 11.4 Å². The first kappa shape index (κ1) is 29.0. The van der Waals surface area contributed by atoms with Crippen LogP contribution in [0.1, 0.15) is 67.1 Å². The van der Waals surface area contributed by atoms with Crippen molar-refractivity contribution in [1.29, 1.82) is 0 Å². The lowest BCUT2D eigenvalue weighted by Crippen LogP contribution is -2.32. The molecule has 2 fully saturated rings. The lowest BCUT2D eigenvalue weighted by atomic mass is 10.1. The lowest BCUT2D eigenvalue weighted by Gasteiger charge is -2.14. The summed E-state index contributed by atoms with van der Waals surface area (Å²) < 4.78 is 11.1. The fraction of sp³-hybridized carbons (Fsp3) is 0.312. The standard InChI is InChI=1S/C32H34N4O6/c37-29(35-27-11-3-1-9-25(27)31(39)33-19-23-7-5-17-41-23)21-13-15-22(16-14-21)30(38)36-28-12-4-2-10-26(28)32(40)34-20-24-8-6-18-42-24/h1-4,9-16,23-24H,5-8,17-20H2,(H,33,39)(H,34,40)(H,35,37)(H,36,38). The second-order valence-corrected chi connectivity index (χ2v) is 10.3.